The fraction of sp³-hybridized carbons (Fsp3) is 0.481. The number of benzene rings is 1. The first-order chi connectivity index (χ1) is 18.6. The van der Waals surface area contributed by atoms with Gasteiger partial charge in [0.05, 0.1) is 24.8 Å². The molecule has 0 bridgehead atoms. The molecule has 11 heteroatoms. The summed E-state index contributed by atoms with van der Waals surface area (Å²) in [7, 11) is 0. The van der Waals surface area contributed by atoms with Gasteiger partial charge < -0.3 is 30.2 Å². The van der Waals surface area contributed by atoms with E-state index in [0.717, 1.165) is 43.8 Å². The molecule has 1 aliphatic carbocycles. The number of carbonyl (C=O) groups is 2. The molecule has 2 fully saturated rings. The van der Waals surface area contributed by atoms with Gasteiger partial charge in [0.25, 0.3) is 5.91 Å². The van der Waals surface area contributed by atoms with Crippen molar-refractivity contribution in [1.29, 1.82) is 5.26 Å². The number of fused-ring (bicyclic) bond motifs is 2. The Morgan fingerprint density at radius 3 is 2.92 bits per heavy atom. The molecule has 2 atom stereocenters. The number of hydrogen-bond donors (Lipinski definition) is 3. The van der Waals surface area contributed by atoms with Crippen molar-refractivity contribution in [3.63, 3.8) is 0 Å². The molecule has 3 N–H and O–H groups in total. The van der Waals surface area contributed by atoms with E-state index in [1.165, 1.54) is 10.5 Å². The summed E-state index contributed by atoms with van der Waals surface area (Å²) < 4.78 is 16.8. The Labute approximate surface area is 220 Å². The van der Waals surface area contributed by atoms with E-state index in [4.69, 9.17) is 14.2 Å². The number of aromatic nitrogens is 1. The minimum absolute atomic E-state index is 0.0464. The van der Waals surface area contributed by atoms with E-state index in [2.05, 4.69) is 33.1 Å². The smallest absolute Gasteiger partial charge is 0.415 e. The van der Waals surface area contributed by atoms with Crippen LogP contribution in [0, 0.1) is 23.2 Å². The molecule has 2 unspecified atom stereocenters. The van der Waals surface area contributed by atoms with Crippen molar-refractivity contribution in [3.8, 4) is 17.6 Å². The van der Waals surface area contributed by atoms with Crippen molar-refractivity contribution >= 4 is 23.6 Å². The zero-order chi connectivity index (χ0) is 26.1. The molecule has 2 aromatic rings. The van der Waals surface area contributed by atoms with Crippen LogP contribution < -0.4 is 30.3 Å². The van der Waals surface area contributed by atoms with Gasteiger partial charge in [-0.2, -0.15) is 5.26 Å². The van der Waals surface area contributed by atoms with Gasteiger partial charge in [0, 0.05) is 19.0 Å². The highest BCUT2D eigenvalue weighted by molar-refractivity contribution is 5.95. The fourth-order valence-corrected chi connectivity index (χ4v) is 5.34. The van der Waals surface area contributed by atoms with Crippen LogP contribution in [0.5, 0.6) is 11.5 Å². The Balaban J connectivity index is 0.972. The standard InChI is InChI=1S/C27H30N6O5/c28-9-19-8-21(36-14-17-11-30-12-17)7-18-5-16(6-22(18)19)10-29-4-3-20-13-33(27(35)38-20)24-2-1-23-26(31-24)32-25(34)15-37-23/h1-2,7-8,16-17,20,29-30H,3-6,10-15H2,(H,31,32,34). The number of pyridine rings is 1. The molecule has 0 spiro atoms. The maximum Gasteiger partial charge on any atom is 0.415 e. The third-order valence-corrected chi connectivity index (χ3v) is 7.48. The van der Waals surface area contributed by atoms with Crippen LogP contribution in [0.2, 0.25) is 0 Å². The van der Waals surface area contributed by atoms with Crippen LogP contribution in [-0.2, 0) is 22.4 Å². The summed E-state index contributed by atoms with van der Waals surface area (Å²) in [5.41, 5.74) is 3.06. The summed E-state index contributed by atoms with van der Waals surface area (Å²) in [6.45, 7) is 4.52. The minimum atomic E-state index is -0.452. The molecule has 2 amide bonds. The number of ether oxygens (including phenoxy) is 3. The second kappa shape index (κ2) is 10.5. The van der Waals surface area contributed by atoms with E-state index in [1.807, 2.05) is 6.07 Å². The molecule has 1 aromatic heterocycles. The van der Waals surface area contributed by atoms with E-state index in [9.17, 15) is 14.9 Å². The van der Waals surface area contributed by atoms with Crippen molar-refractivity contribution in [2.75, 3.05) is 56.2 Å². The molecular formula is C27H30N6O5. The quantitative estimate of drug-likeness (QED) is 0.423. The Hall–Kier alpha value is -3.88. The summed E-state index contributed by atoms with van der Waals surface area (Å²) in [5, 5.41) is 19.1. The number of carbonyl (C=O) groups excluding carboxylic acids is 2. The maximum absolute atomic E-state index is 12.5. The van der Waals surface area contributed by atoms with E-state index >= 15 is 0 Å². The van der Waals surface area contributed by atoms with Crippen molar-refractivity contribution in [3.05, 3.63) is 41.0 Å². The lowest BCUT2D eigenvalue weighted by Crippen LogP contribution is -2.45. The van der Waals surface area contributed by atoms with Crippen molar-refractivity contribution < 1.29 is 23.8 Å². The molecule has 0 saturated carbocycles. The molecule has 198 valence electrons. The van der Waals surface area contributed by atoms with Crippen molar-refractivity contribution in [1.82, 2.24) is 15.6 Å². The van der Waals surface area contributed by atoms with Gasteiger partial charge in [-0.15, -0.1) is 0 Å². The summed E-state index contributed by atoms with van der Waals surface area (Å²) in [6.07, 6.45) is 1.75. The molecular weight excluding hydrogens is 488 g/mol. The third kappa shape index (κ3) is 5.10. The lowest BCUT2D eigenvalue weighted by molar-refractivity contribution is -0.118. The maximum atomic E-state index is 12.5. The zero-order valence-electron chi connectivity index (χ0n) is 21.0. The first-order valence-electron chi connectivity index (χ1n) is 13.1. The van der Waals surface area contributed by atoms with Crippen LogP contribution in [-0.4, -0.2) is 69.0 Å². The Bertz CT molecular complexity index is 1290. The largest absolute Gasteiger partial charge is 0.493 e. The predicted octanol–water partition coefficient (Wildman–Crippen LogP) is 1.60. The molecule has 0 radical (unpaired) electrons. The highest BCUT2D eigenvalue weighted by Crippen LogP contribution is 2.33. The molecule has 38 heavy (non-hydrogen) atoms. The van der Waals surface area contributed by atoms with Crippen molar-refractivity contribution in [2.45, 2.75) is 25.4 Å². The number of cyclic esters (lactones) is 1. The highest BCUT2D eigenvalue weighted by atomic mass is 16.6. The third-order valence-electron chi connectivity index (χ3n) is 7.48. The second-order valence-corrected chi connectivity index (χ2v) is 10.3. The summed E-state index contributed by atoms with van der Waals surface area (Å²) in [6, 6.07) is 9.70. The molecule has 3 aliphatic heterocycles. The number of anilines is 2. The topological polar surface area (TPSA) is 138 Å². The SMILES string of the molecule is N#Cc1cc(OCC2CNC2)cc2c1CC(CNCCC1CN(c3ccc4c(n3)NC(=O)CO4)C(=O)O1)C2. The normalized spacial score (nSPS) is 22.0. The van der Waals surface area contributed by atoms with Crippen LogP contribution in [0.15, 0.2) is 24.3 Å². The van der Waals surface area contributed by atoms with Gasteiger partial charge in [-0.05, 0) is 73.7 Å². The first-order valence-corrected chi connectivity index (χ1v) is 13.1. The lowest BCUT2D eigenvalue weighted by Gasteiger charge is -2.27. The molecule has 4 heterocycles. The van der Waals surface area contributed by atoms with Crippen molar-refractivity contribution in [2.24, 2.45) is 11.8 Å². The van der Waals surface area contributed by atoms with E-state index < -0.39 is 6.09 Å². The molecule has 1 aromatic carbocycles. The average Bonchev–Trinajstić information content (AvgIpc) is 3.47. The van der Waals surface area contributed by atoms with Crippen LogP contribution in [0.25, 0.3) is 0 Å². The Morgan fingerprint density at radius 1 is 1.21 bits per heavy atom. The first kappa shape index (κ1) is 24.5. The molecule has 6 rings (SSSR count). The van der Waals surface area contributed by atoms with Gasteiger partial charge in [0.15, 0.2) is 18.2 Å². The second-order valence-electron chi connectivity index (χ2n) is 10.3. The van der Waals surface area contributed by atoms with Crippen LogP contribution in [0.1, 0.15) is 23.1 Å². The monoisotopic (exact) mass is 518 g/mol. The van der Waals surface area contributed by atoms with Crippen LogP contribution in [0.3, 0.4) is 0 Å². The number of nitriles is 1. The zero-order valence-corrected chi connectivity index (χ0v) is 21.0. The Morgan fingerprint density at radius 2 is 2.11 bits per heavy atom. The van der Waals surface area contributed by atoms with Crippen LogP contribution >= 0.6 is 0 Å². The number of nitrogens with one attached hydrogen (secondary N) is 3. The lowest BCUT2D eigenvalue weighted by atomic mass is 10.0. The number of amides is 2. The van der Waals surface area contributed by atoms with Crippen LogP contribution in [0.4, 0.5) is 16.4 Å². The molecule has 4 aliphatic rings. The molecule has 11 nitrogen and oxygen atoms in total. The van der Waals surface area contributed by atoms with E-state index in [-0.39, 0.29) is 18.6 Å². The van der Waals surface area contributed by atoms with Gasteiger partial charge in [0.2, 0.25) is 0 Å². The highest BCUT2D eigenvalue weighted by Gasteiger charge is 2.34. The minimum Gasteiger partial charge on any atom is -0.493 e. The number of rotatable bonds is 9. The van der Waals surface area contributed by atoms with E-state index in [0.29, 0.717) is 60.9 Å². The number of nitrogens with zero attached hydrogens (tertiary/aromatic N) is 3. The summed E-state index contributed by atoms with van der Waals surface area (Å²) in [5.74, 6) is 2.67. The van der Waals surface area contributed by atoms with Gasteiger partial charge in [-0.25, -0.2) is 9.78 Å². The predicted molar refractivity (Wildman–Crippen MR) is 137 cm³/mol. The van der Waals surface area contributed by atoms with Gasteiger partial charge >= 0.3 is 6.09 Å². The van der Waals surface area contributed by atoms with Gasteiger partial charge in [0.1, 0.15) is 17.7 Å². The average molecular weight is 519 g/mol. The fourth-order valence-electron chi connectivity index (χ4n) is 5.34. The van der Waals surface area contributed by atoms with Gasteiger partial charge in [-0.3, -0.25) is 9.69 Å². The summed E-state index contributed by atoms with van der Waals surface area (Å²) >= 11 is 0. The number of hydrogen-bond acceptors (Lipinski definition) is 9. The molecule has 2 saturated heterocycles. The van der Waals surface area contributed by atoms with Gasteiger partial charge in [-0.1, -0.05) is 0 Å². The van der Waals surface area contributed by atoms with E-state index in [1.54, 1.807) is 12.1 Å². The summed E-state index contributed by atoms with van der Waals surface area (Å²) in [4.78, 5) is 29.9. The Kier molecular flexibility index (Phi) is 6.74.